The van der Waals surface area contributed by atoms with E-state index < -0.39 is 0 Å². The monoisotopic (exact) mass is 752 g/mol. The van der Waals surface area contributed by atoms with Gasteiger partial charge in [-0.1, -0.05) is 140 Å². The predicted molar refractivity (Wildman–Crippen MR) is 249 cm³/mol. The molecule has 0 amide bonds. The molecule has 0 aliphatic heterocycles. The summed E-state index contributed by atoms with van der Waals surface area (Å²) >= 11 is 0. The van der Waals surface area contributed by atoms with Crippen LogP contribution in [0.1, 0.15) is 0 Å². The predicted octanol–water partition coefficient (Wildman–Crippen LogP) is 15.8. The molecule has 0 spiro atoms. The van der Waals surface area contributed by atoms with Crippen LogP contribution in [0.5, 0.6) is 0 Å². The smallest absolute Gasteiger partial charge is 0.136 e. The SMILES string of the molecule is c1ccc(-c2cc(-c3ccccc3)cc(N(c3ccc4oc5cc6ccccc6cc5c4c3)c3ccc4c5ccccc5n(-c5ccc6ccccc6c5)c4c3)c2)cc1. The van der Waals surface area contributed by atoms with E-state index in [-0.39, 0.29) is 0 Å². The number of rotatable bonds is 6. The van der Waals surface area contributed by atoms with Gasteiger partial charge >= 0.3 is 0 Å². The summed E-state index contributed by atoms with van der Waals surface area (Å²) in [6, 6.07) is 79.0. The largest absolute Gasteiger partial charge is 0.456 e. The van der Waals surface area contributed by atoms with Crippen LogP contribution >= 0.6 is 0 Å². The van der Waals surface area contributed by atoms with Crippen molar-refractivity contribution in [2.75, 3.05) is 4.90 Å². The first-order chi connectivity index (χ1) is 29.2. The Hall–Kier alpha value is -7.88. The highest BCUT2D eigenvalue weighted by Crippen LogP contribution is 2.44. The molecule has 0 saturated carbocycles. The lowest BCUT2D eigenvalue weighted by atomic mass is 9.97. The van der Waals surface area contributed by atoms with E-state index in [0.717, 1.165) is 61.3 Å². The number of hydrogen-bond acceptors (Lipinski definition) is 2. The van der Waals surface area contributed by atoms with Crippen LogP contribution < -0.4 is 4.90 Å². The molecule has 0 radical (unpaired) electrons. The van der Waals surface area contributed by atoms with E-state index in [1.807, 2.05) is 0 Å². The minimum atomic E-state index is 0.869. The summed E-state index contributed by atoms with van der Waals surface area (Å²) in [7, 11) is 0. The lowest BCUT2D eigenvalue weighted by Gasteiger charge is -2.27. The number of anilines is 3. The fraction of sp³-hybridized carbons (Fsp3) is 0. The topological polar surface area (TPSA) is 21.3 Å². The van der Waals surface area contributed by atoms with Crippen molar-refractivity contribution in [1.82, 2.24) is 4.57 Å². The average Bonchev–Trinajstić information content (AvgIpc) is 3.83. The molecule has 2 aromatic heterocycles. The van der Waals surface area contributed by atoms with Crippen LogP contribution in [0.4, 0.5) is 17.1 Å². The van der Waals surface area contributed by atoms with Crippen LogP contribution in [0, 0.1) is 0 Å². The van der Waals surface area contributed by atoms with Gasteiger partial charge in [-0.15, -0.1) is 0 Å². The van der Waals surface area contributed by atoms with Gasteiger partial charge in [0.2, 0.25) is 0 Å². The quantitative estimate of drug-likeness (QED) is 0.169. The molecule has 3 nitrogen and oxygen atoms in total. The number of para-hydroxylation sites is 1. The van der Waals surface area contributed by atoms with Gasteiger partial charge in [0, 0.05) is 44.3 Å². The summed E-state index contributed by atoms with van der Waals surface area (Å²) in [6.07, 6.45) is 0. The molecule has 2 heterocycles. The van der Waals surface area contributed by atoms with E-state index in [1.54, 1.807) is 0 Å². The van der Waals surface area contributed by atoms with Gasteiger partial charge in [0.1, 0.15) is 11.2 Å². The number of furan rings is 1. The summed E-state index contributed by atoms with van der Waals surface area (Å²) in [4.78, 5) is 2.42. The van der Waals surface area contributed by atoms with Crippen LogP contribution in [0.2, 0.25) is 0 Å². The summed E-state index contributed by atoms with van der Waals surface area (Å²) in [5.74, 6) is 0. The highest BCUT2D eigenvalue weighted by atomic mass is 16.3. The third kappa shape index (κ3) is 5.59. The Balaban J connectivity index is 1.14. The number of benzene rings is 10. The van der Waals surface area contributed by atoms with Crippen LogP contribution in [-0.4, -0.2) is 4.57 Å². The standard InChI is InChI=1S/C56H36N2O/c1-3-13-37(14-4-1)43-29-44(38-15-5-2-6-16-38)32-48(31-43)57(46-26-28-55-52(35-46)51-33-41-19-9-10-20-42(41)34-56(51)59-55)47-25-27-50-49-21-11-12-22-53(49)58(54(50)36-47)45-24-23-39-17-7-8-18-40(39)30-45/h1-36H. The maximum absolute atomic E-state index is 6.53. The van der Waals surface area contributed by atoms with Crippen molar-refractivity contribution in [3.05, 3.63) is 218 Å². The van der Waals surface area contributed by atoms with Crippen molar-refractivity contribution in [3.8, 4) is 27.9 Å². The Labute approximate surface area is 341 Å². The maximum Gasteiger partial charge on any atom is 0.136 e. The zero-order chi connectivity index (χ0) is 38.9. The molecule has 0 atom stereocenters. The van der Waals surface area contributed by atoms with Crippen LogP contribution in [0.25, 0.3) is 93.2 Å². The molecule has 3 heteroatoms. The Morgan fingerprint density at radius 1 is 0.305 bits per heavy atom. The molecule has 59 heavy (non-hydrogen) atoms. The second kappa shape index (κ2) is 13.4. The normalized spacial score (nSPS) is 11.7. The zero-order valence-electron chi connectivity index (χ0n) is 32.1. The zero-order valence-corrected chi connectivity index (χ0v) is 32.1. The number of aromatic nitrogens is 1. The Bertz CT molecular complexity index is 3500. The molecule has 10 aromatic carbocycles. The van der Waals surface area contributed by atoms with Gasteiger partial charge in [-0.3, -0.25) is 0 Å². The van der Waals surface area contributed by atoms with Crippen LogP contribution in [-0.2, 0) is 0 Å². The molecule has 276 valence electrons. The van der Waals surface area contributed by atoms with Gasteiger partial charge in [0.15, 0.2) is 0 Å². The average molecular weight is 753 g/mol. The fourth-order valence-corrected chi connectivity index (χ4v) is 9.06. The highest BCUT2D eigenvalue weighted by molar-refractivity contribution is 6.13. The first kappa shape index (κ1) is 33.3. The van der Waals surface area contributed by atoms with Crippen molar-refractivity contribution in [1.29, 1.82) is 0 Å². The maximum atomic E-state index is 6.53. The first-order valence-electron chi connectivity index (χ1n) is 20.2. The van der Waals surface area contributed by atoms with Gasteiger partial charge in [-0.25, -0.2) is 0 Å². The van der Waals surface area contributed by atoms with E-state index >= 15 is 0 Å². The van der Waals surface area contributed by atoms with Gasteiger partial charge in [-0.05, 0) is 123 Å². The Morgan fingerprint density at radius 2 is 0.881 bits per heavy atom. The first-order valence-corrected chi connectivity index (χ1v) is 20.2. The van der Waals surface area contributed by atoms with Crippen LogP contribution in [0.15, 0.2) is 223 Å². The summed E-state index contributed by atoms with van der Waals surface area (Å²) < 4.78 is 8.95. The molecule has 12 rings (SSSR count). The molecule has 0 bridgehead atoms. The van der Waals surface area contributed by atoms with Crippen LogP contribution in [0.3, 0.4) is 0 Å². The van der Waals surface area contributed by atoms with Gasteiger partial charge in [-0.2, -0.15) is 0 Å². The van der Waals surface area contributed by atoms with E-state index in [2.05, 4.69) is 228 Å². The van der Waals surface area contributed by atoms with E-state index in [9.17, 15) is 0 Å². The minimum absolute atomic E-state index is 0.869. The molecule has 0 N–H and O–H groups in total. The molecular weight excluding hydrogens is 717 g/mol. The third-order valence-corrected chi connectivity index (χ3v) is 11.9. The van der Waals surface area contributed by atoms with Crippen molar-refractivity contribution in [2.24, 2.45) is 0 Å². The van der Waals surface area contributed by atoms with Crippen molar-refractivity contribution in [3.63, 3.8) is 0 Å². The molecular formula is C56H36N2O. The lowest BCUT2D eigenvalue weighted by molar-refractivity contribution is 0.669. The molecule has 0 saturated heterocycles. The minimum Gasteiger partial charge on any atom is -0.456 e. The molecule has 0 fully saturated rings. The van der Waals surface area contributed by atoms with E-state index in [4.69, 9.17) is 4.42 Å². The van der Waals surface area contributed by atoms with Gasteiger partial charge < -0.3 is 13.9 Å². The number of nitrogens with zero attached hydrogens (tertiary/aromatic N) is 2. The summed E-state index contributed by atoms with van der Waals surface area (Å²) in [5.41, 5.74) is 13.0. The molecule has 0 aliphatic carbocycles. The molecule has 0 aliphatic rings. The summed E-state index contributed by atoms with van der Waals surface area (Å²) in [5, 5.41) is 9.44. The second-order valence-electron chi connectivity index (χ2n) is 15.4. The molecule has 0 unspecified atom stereocenters. The third-order valence-electron chi connectivity index (χ3n) is 11.9. The van der Waals surface area contributed by atoms with Gasteiger partial charge in [0.05, 0.1) is 11.0 Å². The fourth-order valence-electron chi connectivity index (χ4n) is 9.06. The Kier molecular flexibility index (Phi) is 7.54. The van der Waals surface area contributed by atoms with Crippen molar-refractivity contribution < 1.29 is 4.42 Å². The Morgan fingerprint density at radius 3 is 1.63 bits per heavy atom. The van der Waals surface area contributed by atoms with Crippen molar-refractivity contribution >= 4 is 82.4 Å². The number of hydrogen-bond donors (Lipinski definition) is 0. The van der Waals surface area contributed by atoms with E-state index in [1.165, 1.54) is 49.0 Å². The molecule has 12 aromatic rings. The highest BCUT2D eigenvalue weighted by Gasteiger charge is 2.21. The van der Waals surface area contributed by atoms with Gasteiger partial charge in [0.25, 0.3) is 0 Å². The van der Waals surface area contributed by atoms with Crippen molar-refractivity contribution in [2.45, 2.75) is 0 Å². The van der Waals surface area contributed by atoms with E-state index in [0.29, 0.717) is 0 Å². The lowest BCUT2D eigenvalue weighted by Crippen LogP contribution is -2.10. The second-order valence-corrected chi connectivity index (χ2v) is 15.4. The number of fused-ring (bicyclic) bond motifs is 8. The summed E-state index contributed by atoms with van der Waals surface area (Å²) in [6.45, 7) is 0.